The van der Waals surface area contributed by atoms with Crippen molar-refractivity contribution in [3.63, 3.8) is 0 Å². The maximum absolute atomic E-state index is 8.28. The van der Waals surface area contributed by atoms with Gasteiger partial charge in [-0.1, -0.05) is 0 Å². The van der Waals surface area contributed by atoms with Gasteiger partial charge in [-0.3, -0.25) is 0 Å². The molecule has 0 aliphatic carbocycles. The zero-order chi connectivity index (χ0) is 9.78. The molecule has 1 N–H and O–H groups in total. The highest BCUT2D eigenvalue weighted by Gasteiger charge is 1.89. The fourth-order valence-corrected chi connectivity index (χ4v) is 1.02. The van der Waals surface area contributed by atoms with Crippen molar-refractivity contribution in [2.24, 2.45) is 0 Å². The van der Waals surface area contributed by atoms with E-state index in [-0.39, 0.29) is 0 Å². The maximum atomic E-state index is 8.28. The van der Waals surface area contributed by atoms with Gasteiger partial charge in [-0.05, 0) is 39.3 Å². The largest absolute Gasteiger partial charge is 0.382 e. The molecule has 0 unspecified atom stereocenters. The van der Waals surface area contributed by atoms with Crippen molar-refractivity contribution < 1.29 is 4.74 Å². The molecule has 0 amide bonds. The topological polar surface area (TPSA) is 45.0 Å². The first-order valence-electron chi connectivity index (χ1n) is 5.07. The van der Waals surface area contributed by atoms with Crippen molar-refractivity contribution in [3.05, 3.63) is 0 Å². The predicted octanol–water partition coefficient (Wildman–Crippen LogP) is 1.70. The number of nitrogens with one attached hydrogen (secondary N) is 1. The lowest BCUT2D eigenvalue weighted by atomic mass is 10.2. The van der Waals surface area contributed by atoms with Crippen molar-refractivity contribution in [1.82, 2.24) is 5.32 Å². The number of hydrogen-bond acceptors (Lipinski definition) is 3. The molecule has 76 valence electrons. The molecule has 0 aromatic carbocycles. The molecule has 0 aliphatic heterocycles. The molecule has 0 bridgehead atoms. The Morgan fingerprint density at radius 3 is 2.69 bits per heavy atom. The second-order valence-electron chi connectivity index (χ2n) is 2.92. The Labute approximate surface area is 81.1 Å². The van der Waals surface area contributed by atoms with E-state index in [9.17, 15) is 0 Å². The molecule has 0 saturated carbocycles. The van der Waals surface area contributed by atoms with Crippen LogP contribution in [0.3, 0.4) is 0 Å². The smallest absolute Gasteiger partial charge is 0.0621 e. The molecule has 0 heterocycles. The van der Waals surface area contributed by atoms with Gasteiger partial charge < -0.3 is 10.1 Å². The van der Waals surface area contributed by atoms with E-state index in [1.807, 2.05) is 6.92 Å². The molecule has 0 aromatic heterocycles. The SMILES string of the molecule is CCOCCCNCCCCC#N. The summed E-state index contributed by atoms with van der Waals surface area (Å²) in [7, 11) is 0. The van der Waals surface area contributed by atoms with E-state index in [2.05, 4.69) is 11.4 Å². The highest BCUT2D eigenvalue weighted by molar-refractivity contribution is 4.68. The molecule has 0 spiro atoms. The summed E-state index contributed by atoms with van der Waals surface area (Å²) in [5.74, 6) is 0. The van der Waals surface area contributed by atoms with Gasteiger partial charge in [-0.25, -0.2) is 0 Å². The average molecular weight is 184 g/mol. The Bertz CT molecular complexity index is 131. The highest BCUT2D eigenvalue weighted by atomic mass is 16.5. The van der Waals surface area contributed by atoms with E-state index in [0.29, 0.717) is 6.42 Å². The predicted molar refractivity (Wildman–Crippen MR) is 53.4 cm³/mol. The van der Waals surface area contributed by atoms with Crippen LogP contribution in [0.1, 0.15) is 32.6 Å². The van der Waals surface area contributed by atoms with E-state index in [4.69, 9.17) is 10.00 Å². The van der Waals surface area contributed by atoms with Crippen LogP contribution in [0.4, 0.5) is 0 Å². The minimum atomic E-state index is 0.681. The summed E-state index contributed by atoms with van der Waals surface area (Å²) in [6.45, 7) is 5.71. The van der Waals surface area contributed by atoms with Crippen molar-refractivity contribution >= 4 is 0 Å². The van der Waals surface area contributed by atoms with E-state index in [1.165, 1.54) is 0 Å². The zero-order valence-corrected chi connectivity index (χ0v) is 8.51. The summed E-state index contributed by atoms with van der Waals surface area (Å²) in [6.07, 6.45) is 3.86. The molecule has 0 fully saturated rings. The summed E-state index contributed by atoms with van der Waals surface area (Å²) in [6, 6.07) is 2.14. The third-order valence-electron chi connectivity index (χ3n) is 1.74. The van der Waals surface area contributed by atoms with Crippen LogP contribution in [0.5, 0.6) is 0 Å². The minimum absolute atomic E-state index is 0.681. The van der Waals surface area contributed by atoms with Crippen LogP contribution in [-0.2, 0) is 4.74 Å². The first-order valence-corrected chi connectivity index (χ1v) is 5.07. The van der Waals surface area contributed by atoms with Gasteiger partial charge in [-0.15, -0.1) is 0 Å². The number of hydrogen-bond donors (Lipinski definition) is 1. The lowest BCUT2D eigenvalue weighted by molar-refractivity contribution is 0.145. The summed E-state index contributed by atoms with van der Waals surface area (Å²) >= 11 is 0. The van der Waals surface area contributed by atoms with Crippen LogP contribution < -0.4 is 5.32 Å². The number of nitriles is 1. The molecule has 0 saturated heterocycles. The van der Waals surface area contributed by atoms with E-state index >= 15 is 0 Å². The lowest BCUT2D eigenvalue weighted by Gasteiger charge is -2.03. The maximum Gasteiger partial charge on any atom is 0.0621 e. The summed E-state index contributed by atoms with van der Waals surface area (Å²) < 4.78 is 5.20. The van der Waals surface area contributed by atoms with Crippen LogP contribution >= 0.6 is 0 Å². The molecule has 3 nitrogen and oxygen atoms in total. The van der Waals surface area contributed by atoms with Gasteiger partial charge in [0.1, 0.15) is 0 Å². The lowest BCUT2D eigenvalue weighted by Crippen LogP contribution is -2.18. The van der Waals surface area contributed by atoms with Gasteiger partial charge >= 0.3 is 0 Å². The van der Waals surface area contributed by atoms with Gasteiger partial charge in [-0.2, -0.15) is 5.26 Å². The Morgan fingerprint density at radius 2 is 2.00 bits per heavy atom. The average Bonchev–Trinajstić information content (AvgIpc) is 2.16. The Morgan fingerprint density at radius 1 is 1.23 bits per heavy atom. The summed E-state index contributed by atoms with van der Waals surface area (Å²) in [4.78, 5) is 0. The number of nitrogens with zero attached hydrogens (tertiary/aromatic N) is 1. The van der Waals surface area contributed by atoms with Crippen molar-refractivity contribution in [1.29, 1.82) is 5.26 Å². The van der Waals surface area contributed by atoms with Crippen LogP contribution in [0, 0.1) is 11.3 Å². The van der Waals surface area contributed by atoms with Crippen LogP contribution in [0.2, 0.25) is 0 Å². The molecule has 0 aromatic rings. The third kappa shape index (κ3) is 11.4. The van der Waals surface area contributed by atoms with Gasteiger partial charge in [0.2, 0.25) is 0 Å². The molecule has 13 heavy (non-hydrogen) atoms. The van der Waals surface area contributed by atoms with Gasteiger partial charge in [0.05, 0.1) is 6.07 Å². The molecule has 3 heteroatoms. The van der Waals surface area contributed by atoms with Crippen LogP contribution in [0.15, 0.2) is 0 Å². The first-order chi connectivity index (χ1) is 6.41. The zero-order valence-electron chi connectivity index (χ0n) is 8.51. The summed E-state index contributed by atoms with van der Waals surface area (Å²) in [5, 5.41) is 11.6. The number of rotatable bonds is 9. The first kappa shape index (κ1) is 12.4. The molecule has 0 radical (unpaired) electrons. The molecular formula is C10H20N2O. The molecular weight excluding hydrogens is 164 g/mol. The fourth-order valence-electron chi connectivity index (χ4n) is 1.02. The number of ether oxygens (including phenoxy) is 1. The van der Waals surface area contributed by atoms with Crippen LogP contribution in [-0.4, -0.2) is 26.3 Å². The van der Waals surface area contributed by atoms with E-state index < -0.39 is 0 Å². The van der Waals surface area contributed by atoms with Gasteiger partial charge in [0.15, 0.2) is 0 Å². The normalized spacial score (nSPS) is 9.85. The second kappa shape index (κ2) is 11.4. The van der Waals surface area contributed by atoms with E-state index in [1.54, 1.807) is 0 Å². The minimum Gasteiger partial charge on any atom is -0.382 e. The molecule has 0 rings (SSSR count). The number of unbranched alkanes of at least 4 members (excludes halogenated alkanes) is 2. The van der Waals surface area contributed by atoms with Crippen molar-refractivity contribution in [2.75, 3.05) is 26.3 Å². The highest BCUT2D eigenvalue weighted by Crippen LogP contribution is 1.91. The summed E-state index contributed by atoms with van der Waals surface area (Å²) in [5.41, 5.74) is 0. The molecule has 0 atom stereocenters. The monoisotopic (exact) mass is 184 g/mol. The van der Waals surface area contributed by atoms with Crippen LogP contribution in [0.25, 0.3) is 0 Å². The fraction of sp³-hybridized carbons (Fsp3) is 0.900. The Kier molecular flexibility index (Phi) is 10.9. The Hall–Kier alpha value is -0.590. The quantitative estimate of drug-likeness (QED) is 0.555. The second-order valence-corrected chi connectivity index (χ2v) is 2.92. The van der Waals surface area contributed by atoms with E-state index in [0.717, 1.165) is 45.6 Å². The van der Waals surface area contributed by atoms with Gasteiger partial charge in [0.25, 0.3) is 0 Å². The molecule has 0 aliphatic rings. The standard InChI is InChI=1S/C10H20N2O/c1-2-13-10-6-9-12-8-5-3-4-7-11/h12H,2-6,8-10H2,1H3. The Balaban J connectivity index is 2.80. The van der Waals surface area contributed by atoms with Gasteiger partial charge in [0, 0.05) is 19.6 Å². The van der Waals surface area contributed by atoms with Crippen molar-refractivity contribution in [2.45, 2.75) is 32.6 Å². The third-order valence-corrected chi connectivity index (χ3v) is 1.74. The van der Waals surface area contributed by atoms with Crippen molar-refractivity contribution in [3.8, 4) is 6.07 Å².